The fraction of sp³-hybridized carbons (Fsp3) is 0.444. The maximum atomic E-state index is 12.8. The molecule has 2 N–H and O–H groups in total. The summed E-state index contributed by atoms with van der Waals surface area (Å²) in [4.78, 5) is 26.3. The summed E-state index contributed by atoms with van der Waals surface area (Å²) in [6.45, 7) is 4.21. The molecule has 0 radical (unpaired) electrons. The largest absolute Gasteiger partial charge is 0.466 e. The molecule has 25 heavy (non-hydrogen) atoms. The van der Waals surface area contributed by atoms with Gasteiger partial charge in [0.15, 0.2) is 0 Å². The lowest BCUT2D eigenvalue weighted by Crippen LogP contribution is -2.62. The van der Waals surface area contributed by atoms with E-state index in [4.69, 9.17) is 10.5 Å². The summed E-state index contributed by atoms with van der Waals surface area (Å²) in [6.07, 6.45) is 1.36. The number of hydrogen-bond donors (Lipinski definition) is 1. The van der Waals surface area contributed by atoms with Gasteiger partial charge < -0.3 is 20.1 Å². The number of fused-ring (bicyclic) bond motifs is 1. The highest BCUT2D eigenvalue weighted by Gasteiger charge is 2.60. The Kier molecular flexibility index (Phi) is 4.79. The summed E-state index contributed by atoms with van der Waals surface area (Å²) in [7, 11) is 1.31. The third kappa shape index (κ3) is 3.26. The van der Waals surface area contributed by atoms with Gasteiger partial charge in [-0.05, 0) is 19.4 Å². The first-order valence-corrected chi connectivity index (χ1v) is 8.95. The van der Waals surface area contributed by atoms with Gasteiger partial charge in [-0.15, -0.1) is 11.8 Å². The van der Waals surface area contributed by atoms with E-state index in [-0.39, 0.29) is 28.7 Å². The molecule has 0 saturated carbocycles. The van der Waals surface area contributed by atoms with E-state index in [1.165, 1.54) is 13.2 Å². The van der Waals surface area contributed by atoms with Gasteiger partial charge in [0, 0.05) is 16.5 Å². The monoisotopic (exact) mass is 362 g/mol. The number of nitrogens with zero attached hydrogens (tertiary/aromatic N) is 1. The molecule has 1 aromatic carbocycles. The summed E-state index contributed by atoms with van der Waals surface area (Å²) in [6, 6.07) is 8.75. The standard InChI is InChI=1S/C18H22N2O4S/c1-18(2)15(17(22)24-10-11-7-5-4-6-8-11)20-12(9-13(21)23-3)14(19)16(20)25-18/h4-9,14-16H,10,19H2,1-3H3/t14-,15+,16-/m1/s1. The molecule has 0 spiro atoms. The first-order chi connectivity index (χ1) is 11.8. The van der Waals surface area contributed by atoms with Gasteiger partial charge in [0.1, 0.15) is 12.6 Å². The van der Waals surface area contributed by atoms with E-state index in [0.29, 0.717) is 5.70 Å². The number of thioether (sulfide) groups is 1. The Balaban J connectivity index is 1.77. The molecular formula is C18H22N2O4S. The number of carbonyl (C=O) groups excluding carboxylic acids is 2. The molecule has 6 nitrogen and oxygen atoms in total. The van der Waals surface area contributed by atoms with Crippen molar-refractivity contribution in [2.24, 2.45) is 5.73 Å². The van der Waals surface area contributed by atoms with Crippen LogP contribution in [0.3, 0.4) is 0 Å². The third-order valence-corrected chi connectivity index (χ3v) is 6.09. The normalized spacial score (nSPS) is 28.2. The van der Waals surface area contributed by atoms with E-state index in [1.54, 1.807) is 11.8 Å². The van der Waals surface area contributed by atoms with E-state index in [1.807, 2.05) is 49.1 Å². The second-order valence-electron chi connectivity index (χ2n) is 6.63. The maximum absolute atomic E-state index is 12.8. The lowest BCUT2D eigenvalue weighted by atomic mass is 9.93. The molecule has 2 saturated heterocycles. The fourth-order valence-electron chi connectivity index (χ4n) is 3.25. The molecule has 3 rings (SSSR count). The fourth-order valence-corrected chi connectivity index (χ4v) is 4.85. The van der Waals surface area contributed by atoms with Crippen LogP contribution in [0.1, 0.15) is 19.4 Å². The van der Waals surface area contributed by atoms with Gasteiger partial charge in [-0.1, -0.05) is 30.3 Å². The number of methoxy groups -OCH3 is 1. The van der Waals surface area contributed by atoms with Crippen molar-refractivity contribution in [2.75, 3.05) is 7.11 Å². The number of rotatable bonds is 4. The molecule has 0 bridgehead atoms. The molecular weight excluding hydrogens is 340 g/mol. The highest BCUT2D eigenvalue weighted by Crippen LogP contribution is 2.54. The van der Waals surface area contributed by atoms with Gasteiger partial charge in [0.2, 0.25) is 0 Å². The van der Waals surface area contributed by atoms with Gasteiger partial charge in [-0.2, -0.15) is 0 Å². The van der Waals surface area contributed by atoms with E-state index in [9.17, 15) is 9.59 Å². The van der Waals surface area contributed by atoms with Crippen LogP contribution in [-0.2, 0) is 25.7 Å². The van der Waals surface area contributed by atoms with Gasteiger partial charge >= 0.3 is 11.9 Å². The van der Waals surface area contributed by atoms with Crippen LogP contribution in [0, 0.1) is 0 Å². The topological polar surface area (TPSA) is 81.9 Å². The number of esters is 2. The predicted molar refractivity (Wildman–Crippen MR) is 95.4 cm³/mol. The van der Waals surface area contributed by atoms with Crippen LogP contribution in [0.2, 0.25) is 0 Å². The smallest absolute Gasteiger partial charge is 0.332 e. The lowest BCUT2D eigenvalue weighted by molar-refractivity contribution is -0.152. The van der Waals surface area contributed by atoms with Crippen molar-refractivity contribution in [2.45, 2.75) is 42.7 Å². The minimum atomic E-state index is -0.498. The average Bonchev–Trinajstić information content (AvgIpc) is 2.86. The molecule has 0 aromatic heterocycles. The van der Waals surface area contributed by atoms with Crippen LogP contribution in [-0.4, -0.2) is 46.2 Å². The average molecular weight is 362 g/mol. The highest BCUT2D eigenvalue weighted by atomic mass is 32.2. The summed E-state index contributed by atoms with van der Waals surface area (Å²) in [5.41, 5.74) is 7.72. The molecule has 1 aromatic rings. The minimum Gasteiger partial charge on any atom is -0.466 e. The number of carbonyl (C=O) groups is 2. The van der Waals surface area contributed by atoms with Gasteiger partial charge in [0.05, 0.1) is 18.5 Å². The first-order valence-electron chi connectivity index (χ1n) is 8.07. The van der Waals surface area contributed by atoms with Crippen LogP contribution >= 0.6 is 11.8 Å². The van der Waals surface area contributed by atoms with Crippen molar-refractivity contribution in [1.82, 2.24) is 4.90 Å². The SMILES string of the molecule is COC(=O)C=C1[C@@H](N)[C@H]2SC(C)(C)[C@H](C(=O)OCc3ccccc3)N12. The molecule has 7 heteroatoms. The van der Waals surface area contributed by atoms with Crippen molar-refractivity contribution in [3.05, 3.63) is 47.7 Å². The van der Waals surface area contributed by atoms with Crippen LogP contribution in [0.15, 0.2) is 42.1 Å². The van der Waals surface area contributed by atoms with Crippen LogP contribution in [0.5, 0.6) is 0 Å². The van der Waals surface area contributed by atoms with E-state index in [2.05, 4.69) is 4.74 Å². The Labute approximate surface area is 151 Å². The molecule has 2 fully saturated rings. The number of nitrogens with two attached hydrogens (primary N) is 1. The molecule has 2 heterocycles. The zero-order valence-electron chi connectivity index (χ0n) is 14.5. The zero-order chi connectivity index (χ0) is 18.2. The molecule has 0 unspecified atom stereocenters. The maximum Gasteiger partial charge on any atom is 0.332 e. The summed E-state index contributed by atoms with van der Waals surface area (Å²) >= 11 is 1.63. The molecule has 3 atom stereocenters. The summed E-state index contributed by atoms with van der Waals surface area (Å²) < 4.78 is 9.85. The Morgan fingerprint density at radius 1 is 1.32 bits per heavy atom. The van der Waals surface area contributed by atoms with Crippen LogP contribution in [0.25, 0.3) is 0 Å². The Hall–Kier alpha value is -1.99. The molecule has 2 aliphatic rings. The molecule has 134 valence electrons. The second-order valence-corrected chi connectivity index (χ2v) is 8.40. The summed E-state index contributed by atoms with van der Waals surface area (Å²) in [5, 5.41) is -0.0415. The Morgan fingerprint density at radius 3 is 2.64 bits per heavy atom. The van der Waals surface area contributed by atoms with Crippen molar-refractivity contribution in [3.63, 3.8) is 0 Å². The van der Waals surface area contributed by atoms with E-state index >= 15 is 0 Å². The highest BCUT2D eigenvalue weighted by molar-refractivity contribution is 8.01. The third-order valence-electron chi connectivity index (χ3n) is 4.50. The van der Waals surface area contributed by atoms with Crippen LogP contribution in [0.4, 0.5) is 0 Å². The number of benzene rings is 1. The Bertz CT molecular complexity index is 704. The summed E-state index contributed by atoms with van der Waals surface area (Å²) in [5.74, 6) is -0.790. The van der Waals surface area contributed by atoms with E-state index in [0.717, 1.165) is 5.56 Å². The molecule has 0 amide bonds. The predicted octanol–water partition coefficient (Wildman–Crippen LogP) is 1.65. The number of hydrogen-bond acceptors (Lipinski definition) is 7. The van der Waals surface area contributed by atoms with Gasteiger partial charge in [-0.25, -0.2) is 9.59 Å². The van der Waals surface area contributed by atoms with Crippen molar-refractivity contribution in [3.8, 4) is 0 Å². The second kappa shape index (κ2) is 6.72. The van der Waals surface area contributed by atoms with Gasteiger partial charge in [0.25, 0.3) is 0 Å². The molecule has 0 aliphatic carbocycles. The number of ether oxygens (including phenoxy) is 2. The van der Waals surface area contributed by atoms with Crippen molar-refractivity contribution >= 4 is 23.7 Å². The quantitative estimate of drug-likeness (QED) is 0.644. The van der Waals surface area contributed by atoms with Crippen LogP contribution < -0.4 is 5.73 Å². The Morgan fingerprint density at radius 2 is 2.00 bits per heavy atom. The first kappa shape index (κ1) is 17.8. The van der Waals surface area contributed by atoms with Crippen molar-refractivity contribution < 1.29 is 19.1 Å². The zero-order valence-corrected chi connectivity index (χ0v) is 15.3. The van der Waals surface area contributed by atoms with E-state index < -0.39 is 12.0 Å². The van der Waals surface area contributed by atoms with Crippen molar-refractivity contribution in [1.29, 1.82) is 0 Å². The van der Waals surface area contributed by atoms with Gasteiger partial charge in [-0.3, -0.25) is 0 Å². The lowest BCUT2D eigenvalue weighted by Gasteiger charge is -2.47. The molecule has 2 aliphatic heterocycles. The minimum absolute atomic E-state index is 0.0415.